The molecule has 1 N–H and O–H groups in total. The number of carbonyl (C=O) groups excluding carboxylic acids is 1. The van der Waals surface area contributed by atoms with E-state index in [4.69, 9.17) is 4.74 Å². The quantitative estimate of drug-likeness (QED) is 0.744. The Labute approximate surface area is 133 Å². The van der Waals surface area contributed by atoms with E-state index in [1.165, 1.54) is 4.68 Å². The first-order valence-electron chi connectivity index (χ1n) is 7.74. The summed E-state index contributed by atoms with van der Waals surface area (Å²) < 4.78 is 44.7. The molecule has 0 bridgehead atoms. The Hall–Kier alpha value is -1.57. The molecule has 1 aliphatic rings. The number of aromatic nitrogens is 2. The van der Waals surface area contributed by atoms with Crippen LogP contribution in [0.1, 0.15) is 43.5 Å². The Morgan fingerprint density at radius 2 is 2.22 bits per heavy atom. The number of nitrogens with zero attached hydrogens (tertiary/aromatic N) is 2. The van der Waals surface area contributed by atoms with Crippen LogP contribution in [-0.2, 0) is 22.3 Å². The van der Waals surface area contributed by atoms with Crippen LogP contribution in [0.15, 0.2) is 6.07 Å². The van der Waals surface area contributed by atoms with E-state index in [1.807, 2.05) is 0 Å². The molecule has 1 heterocycles. The second-order valence-electron chi connectivity index (χ2n) is 5.95. The Morgan fingerprint density at radius 3 is 2.78 bits per heavy atom. The summed E-state index contributed by atoms with van der Waals surface area (Å²) in [7, 11) is 1.58. The van der Waals surface area contributed by atoms with E-state index >= 15 is 0 Å². The number of ether oxygens (including phenoxy) is 1. The van der Waals surface area contributed by atoms with Crippen LogP contribution in [0.4, 0.5) is 13.2 Å². The molecule has 1 fully saturated rings. The monoisotopic (exact) mass is 333 g/mol. The maximum atomic E-state index is 12.8. The minimum atomic E-state index is -4.46. The zero-order valence-electron chi connectivity index (χ0n) is 13.3. The molecule has 1 unspecified atom stereocenters. The Kier molecular flexibility index (Phi) is 5.67. The molecule has 8 heteroatoms. The van der Waals surface area contributed by atoms with Gasteiger partial charge in [0.2, 0.25) is 5.91 Å². The Balaban J connectivity index is 1.98. The minimum absolute atomic E-state index is 0.135. The minimum Gasteiger partial charge on any atom is -0.385 e. The van der Waals surface area contributed by atoms with Gasteiger partial charge in [-0.25, -0.2) is 0 Å². The van der Waals surface area contributed by atoms with Crippen molar-refractivity contribution in [2.24, 2.45) is 5.92 Å². The lowest BCUT2D eigenvalue weighted by Crippen LogP contribution is -2.33. The van der Waals surface area contributed by atoms with Gasteiger partial charge in [0.25, 0.3) is 0 Å². The summed E-state index contributed by atoms with van der Waals surface area (Å²) in [6, 6.07) is 1.11. The van der Waals surface area contributed by atoms with Gasteiger partial charge in [-0.05, 0) is 25.3 Å². The molecule has 2 rings (SSSR count). The highest BCUT2D eigenvalue weighted by Gasteiger charge is 2.38. The second kappa shape index (κ2) is 7.33. The van der Waals surface area contributed by atoms with Crippen molar-refractivity contribution in [3.05, 3.63) is 17.5 Å². The molecular weight excluding hydrogens is 311 g/mol. The number of alkyl halides is 3. The van der Waals surface area contributed by atoms with E-state index in [9.17, 15) is 18.0 Å². The van der Waals surface area contributed by atoms with Crippen molar-refractivity contribution in [2.45, 2.75) is 44.8 Å². The van der Waals surface area contributed by atoms with Gasteiger partial charge in [0.1, 0.15) is 0 Å². The molecule has 23 heavy (non-hydrogen) atoms. The van der Waals surface area contributed by atoms with E-state index < -0.39 is 17.8 Å². The van der Waals surface area contributed by atoms with Gasteiger partial charge >= 0.3 is 6.18 Å². The molecule has 0 radical (unpaired) electrons. The SMILES string of the molecule is COCCCNC(=O)C(C)Cn1nc(C(F)(F)F)cc1C1CC1. The zero-order valence-corrected chi connectivity index (χ0v) is 13.3. The highest BCUT2D eigenvalue weighted by atomic mass is 19.4. The predicted octanol–water partition coefficient (Wildman–Crippen LogP) is 2.57. The number of hydrogen-bond donors (Lipinski definition) is 1. The third kappa shape index (κ3) is 4.95. The van der Waals surface area contributed by atoms with Gasteiger partial charge in [-0.1, -0.05) is 6.92 Å². The smallest absolute Gasteiger partial charge is 0.385 e. The number of carbonyl (C=O) groups is 1. The van der Waals surface area contributed by atoms with Crippen molar-refractivity contribution in [1.82, 2.24) is 15.1 Å². The van der Waals surface area contributed by atoms with Crippen LogP contribution >= 0.6 is 0 Å². The average Bonchev–Trinajstić information content (AvgIpc) is 3.23. The summed E-state index contributed by atoms with van der Waals surface area (Å²) in [4.78, 5) is 12.0. The predicted molar refractivity (Wildman–Crippen MR) is 77.9 cm³/mol. The van der Waals surface area contributed by atoms with Crippen molar-refractivity contribution in [1.29, 1.82) is 0 Å². The summed E-state index contributed by atoms with van der Waals surface area (Å²) in [5, 5.41) is 6.42. The van der Waals surface area contributed by atoms with E-state index in [-0.39, 0.29) is 18.4 Å². The van der Waals surface area contributed by atoms with Crippen molar-refractivity contribution < 1.29 is 22.7 Å². The summed E-state index contributed by atoms with van der Waals surface area (Å²) in [5.74, 6) is -0.501. The fourth-order valence-corrected chi connectivity index (χ4v) is 2.37. The molecule has 0 spiro atoms. The van der Waals surface area contributed by atoms with Crippen molar-refractivity contribution >= 4 is 5.91 Å². The van der Waals surface area contributed by atoms with Crippen LogP contribution in [0.2, 0.25) is 0 Å². The first-order chi connectivity index (χ1) is 10.8. The molecular formula is C15H22F3N3O2. The largest absolute Gasteiger partial charge is 0.435 e. The summed E-state index contributed by atoms with van der Waals surface area (Å²) in [5.41, 5.74) is -0.302. The van der Waals surface area contributed by atoms with Crippen molar-refractivity contribution in [3.63, 3.8) is 0 Å². The highest BCUT2D eigenvalue weighted by molar-refractivity contribution is 5.78. The van der Waals surface area contributed by atoms with Crippen LogP contribution in [0.5, 0.6) is 0 Å². The molecule has 0 aliphatic heterocycles. The van der Waals surface area contributed by atoms with Gasteiger partial charge in [-0.2, -0.15) is 18.3 Å². The lowest BCUT2D eigenvalue weighted by molar-refractivity contribution is -0.141. The number of nitrogens with one attached hydrogen (secondary N) is 1. The number of rotatable bonds is 8. The molecule has 130 valence electrons. The molecule has 1 saturated carbocycles. The molecule has 0 saturated heterocycles. The standard InChI is InChI=1S/C15H22F3N3O2/c1-10(14(22)19-6-3-7-23-2)9-21-12(11-4-5-11)8-13(20-21)15(16,17)18/h8,10-11H,3-7,9H2,1-2H3,(H,19,22). The van der Waals surface area contributed by atoms with Gasteiger partial charge in [0.05, 0.1) is 12.5 Å². The molecule has 1 aliphatic carbocycles. The maximum Gasteiger partial charge on any atom is 0.435 e. The zero-order chi connectivity index (χ0) is 17.0. The maximum absolute atomic E-state index is 12.8. The third-order valence-electron chi connectivity index (χ3n) is 3.82. The highest BCUT2D eigenvalue weighted by Crippen LogP contribution is 2.42. The molecule has 1 amide bonds. The van der Waals surface area contributed by atoms with Gasteiger partial charge in [-0.15, -0.1) is 0 Å². The third-order valence-corrected chi connectivity index (χ3v) is 3.82. The number of methoxy groups -OCH3 is 1. The van der Waals surface area contributed by atoms with Gasteiger partial charge in [0, 0.05) is 31.9 Å². The summed E-state index contributed by atoms with van der Waals surface area (Å²) in [6.07, 6.45) is -2.01. The average molecular weight is 333 g/mol. The van der Waals surface area contributed by atoms with Crippen LogP contribution in [0.3, 0.4) is 0 Å². The topological polar surface area (TPSA) is 56.1 Å². The number of halogens is 3. The molecule has 5 nitrogen and oxygen atoms in total. The molecule has 1 aromatic heterocycles. The van der Waals surface area contributed by atoms with Crippen molar-refractivity contribution in [3.8, 4) is 0 Å². The lowest BCUT2D eigenvalue weighted by Gasteiger charge is -2.14. The van der Waals surface area contributed by atoms with Gasteiger partial charge < -0.3 is 10.1 Å². The van der Waals surface area contributed by atoms with Gasteiger partial charge in [-0.3, -0.25) is 9.48 Å². The first-order valence-corrected chi connectivity index (χ1v) is 7.74. The normalized spacial score (nSPS) is 16.4. The molecule has 0 aromatic carbocycles. The Bertz CT molecular complexity index is 539. The van der Waals surface area contributed by atoms with Crippen LogP contribution in [0.25, 0.3) is 0 Å². The second-order valence-corrected chi connectivity index (χ2v) is 5.95. The fraction of sp³-hybridized carbons (Fsp3) is 0.733. The molecule has 1 aromatic rings. The van der Waals surface area contributed by atoms with Crippen LogP contribution in [-0.4, -0.2) is 35.9 Å². The van der Waals surface area contributed by atoms with E-state index in [1.54, 1.807) is 14.0 Å². The van der Waals surface area contributed by atoms with E-state index in [0.29, 0.717) is 25.3 Å². The molecule has 1 atom stereocenters. The van der Waals surface area contributed by atoms with E-state index in [0.717, 1.165) is 18.9 Å². The Morgan fingerprint density at radius 1 is 1.52 bits per heavy atom. The van der Waals surface area contributed by atoms with Crippen LogP contribution in [0, 0.1) is 5.92 Å². The first kappa shape index (κ1) is 17.8. The summed E-state index contributed by atoms with van der Waals surface area (Å²) in [6.45, 7) is 2.88. The number of hydrogen-bond acceptors (Lipinski definition) is 3. The number of amides is 1. The lowest BCUT2D eigenvalue weighted by atomic mass is 10.1. The summed E-state index contributed by atoms with van der Waals surface area (Å²) >= 11 is 0. The van der Waals surface area contributed by atoms with Crippen molar-refractivity contribution in [2.75, 3.05) is 20.3 Å². The van der Waals surface area contributed by atoms with E-state index in [2.05, 4.69) is 10.4 Å². The fourth-order valence-electron chi connectivity index (χ4n) is 2.37. The van der Waals surface area contributed by atoms with Gasteiger partial charge in [0.15, 0.2) is 5.69 Å². The van der Waals surface area contributed by atoms with Crippen LogP contribution < -0.4 is 5.32 Å².